The van der Waals surface area contributed by atoms with Gasteiger partial charge < -0.3 is 5.32 Å². The Morgan fingerprint density at radius 2 is 1.42 bits per heavy atom. The van der Waals surface area contributed by atoms with Gasteiger partial charge in [-0.05, 0) is 61.5 Å². The Bertz CT molecular complexity index is 1610. The Balaban J connectivity index is 1.44. The van der Waals surface area contributed by atoms with Crippen molar-refractivity contribution in [2.45, 2.75) is 16.7 Å². The molecule has 0 atom stereocenters. The highest BCUT2D eigenvalue weighted by molar-refractivity contribution is 7.93. The lowest BCUT2D eigenvalue weighted by molar-refractivity contribution is 0.102. The van der Waals surface area contributed by atoms with Crippen LogP contribution in [-0.2, 0) is 20.0 Å². The number of nitrogens with zero attached hydrogens (tertiary/aromatic N) is 1. The van der Waals surface area contributed by atoms with Gasteiger partial charge in [0.1, 0.15) is 0 Å². The average molecular weight is 563 g/mol. The maximum atomic E-state index is 12.7. The van der Waals surface area contributed by atoms with Crippen LogP contribution in [-0.4, -0.2) is 27.7 Å². The molecule has 1 heterocycles. The smallest absolute Gasteiger partial charge is 0.263 e. The Morgan fingerprint density at radius 3 is 2.00 bits per heavy atom. The highest BCUT2D eigenvalue weighted by atomic mass is 35.5. The van der Waals surface area contributed by atoms with Crippen LogP contribution in [0.15, 0.2) is 88.1 Å². The molecule has 0 radical (unpaired) electrons. The summed E-state index contributed by atoms with van der Waals surface area (Å²) < 4.78 is 54.9. The minimum Gasteiger partial charge on any atom is -0.322 e. The molecule has 1 aromatic heterocycles. The molecule has 186 valence electrons. The number of rotatable bonds is 8. The van der Waals surface area contributed by atoms with E-state index in [1.165, 1.54) is 60.8 Å². The van der Waals surface area contributed by atoms with Crippen molar-refractivity contribution >= 4 is 65.4 Å². The second kappa shape index (κ2) is 10.3. The lowest BCUT2D eigenvalue weighted by Gasteiger charge is -2.11. The van der Waals surface area contributed by atoms with Gasteiger partial charge in [-0.15, -0.1) is 11.3 Å². The van der Waals surface area contributed by atoms with E-state index in [0.29, 0.717) is 5.69 Å². The van der Waals surface area contributed by atoms with Gasteiger partial charge in [0, 0.05) is 17.3 Å². The molecule has 3 aromatic carbocycles. The highest BCUT2D eigenvalue weighted by Gasteiger charge is 2.18. The van der Waals surface area contributed by atoms with Crippen molar-refractivity contribution in [2.24, 2.45) is 0 Å². The molecule has 0 spiro atoms. The van der Waals surface area contributed by atoms with Crippen LogP contribution in [0.3, 0.4) is 0 Å². The standard InChI is InChI=1S/C23H19ClN4O5S3/c1-15-2-7-18(8-3-15)35(30,31)27-17-6-11-20(21(24)14-17)22(29)26-16-4-9-19(10-5-16)36(32,33)28-23-25-12-13-34-23/h2-14,27H,1H3,(H,25,28)(H,26,29). The zero-order valence-electron chi connectivity index (χ0n) is 18.6. The summed E-state index contributed by atoms with van der Waals surface area (Å²) in [5, 5.41) is 4.55. The molecule has 9 nitrogen and oxygen atoms in total. The molecule has 1 amide bonds. The van der Waals surface area contributed by atoms with Gasteiger partial charge in [-0.3, -0.25) is 14.2 Å². The van der Waals surface area contributed by atoms with Crippen molar-refractivity contribution in [3.05, 3.63) is 94.5 Å². The van der Waals surface area contributed by atoms with Gasteiger partial charge >= 0.3 is 0 Å². The minimum atomic E-state index is -3.83. The molecule has 13 heteroatoms. The lowest BCUT2D eigenvalue weighted by atomic mass is 10.2. The van der Waals surface area contributed by atoms with Crippen LogP contribution in [0.4, 0.5) is 16.5 Å². The highest BCUT2D eigenvalue weighted by Crippen LogP contribution is 2.25. The molecule has 0 bridgehead atoms. The molecule has 0 unspecified atom stereocenters. The maximum absolute atomic E-state index is 12.7. The summed E-state index contributed by atoms with van der Waals surface area (Å²) in [6.07, 6.45) is 1.48. The van der Waals surface area contributed by atoms with Gasteiger partial charge in [0.15, 0.2) is 5.13 Å². The molecule has 0 aliphatic heterocycles. The van der Waals surface area contributed by atoms with Gasteiger partial charge in [0.25, 0.3) is 26.0 Å². The Labute approximate surface area is 217 Å². The third kappa shape index (κ3) is 6.02. The van der Waals surface area contributed by atoms with Crippen LogP contribution in [0.5, 0.6) is 0 Å². The summed E-state index contributed by atoms with van der Waals surface area (Å²) in [5.74, 6) is -0.551. The van der Waals surface area contributed by atoms with E-state index in [-0.39, 0.29) is 31.2 Å². The zero-order chi connectivity index (χ0) is 25.9. The Hall–Kier alpha value is -3.45. The second-order valence-corrected chi connectivity index (χ2v) is 12.2. The number of aromatic nitrogens is 1. The largest absolute Gasteiger partial charge is 0.322 e. The number of sulfonamides is 2. The Kier molecular flexibility index (Phi) is 7.31. The summed E-state index contributed by atoms with van der Waals surface area (Å²) >= 11 is 7.40. The third-order valence-corrected chi connectivity index (χ3v) is 8.76. The molecule has 0 fully saturated rings. The van der Waals surface area contributed by atoms with Gasteiger partial charge in [-0.2, -0.15) is 0 Å². The van der Waals surface area contributed by atoms with E-state index < -0.39 is 26.0 Å². The normalized spacial score (nSPS) is 11.6. The monoisotopic (exact) mass is 562 g/mol. The molecule has 0 aliphatic carbocycles. The van der Waals surface area contributed by atoms with Gasteiger partial charge in [-0.25, -0.2) is 21.8 Å². The Morgan fingerprint density at radius 1 is 0.833 bits per heavy atom. The molecular formula is C23H19ClN4O5S3. The second-order valence-electron chi connectivity index (χ2n) is 7.53. The molecule has 0 aliphatic rings. The fourth-order valence-corrected chi connectivity index (χ4v) is 6.16. The maximum Gasteiger partial charge on any atom is 0.263 e. The van der Waals surface area contributed by atoms with E-state index in [9.17, 15) is 21.6 Å². The summed E-state index contributed by atoms with van der Waals surface area (Å²) in [6.45, 7) is 1.85. The fraction of sp³-hybridized carbons (Fsp3) is 0.0435. The van der Waals surface area contributed by atoms with Gasteiger partial charge in [-0.1, -0.05) is 29.3 Å². The third-order valence-electron chi connectivity index (χ3n) is 4.87. The van der Waals surface area contributed by atoms with Crippen molar-refractivity contribution in [3.63, 3.8) is 0 Å². The average Bonchev–Trinajstić information content (AvgIpc) is 3.32. The van der Waals surface area contributed by atoms with E-state index in [1.807, 2.05) is 6.92 Å². The number of hydrogen-bond donors (Lipinski definition) is 3. The van der Waals surface area contributed by atoms with Crippen LogP contribution >= 0.6 is 22.9 Å². The lowest BCUT2D eigenvalue weighted by Crippen LogP contribution is -2.15. The predicted octanol–water partition coefficient (Wildman–Crippen LogP) is 4.96. The number of benzene rings is 3. The van der Waals surface area contributed by atoms with E-state index in [2.05, 4.69) is 19.7 Å². The number of carbonyl (C=O) groups is 1. The molecular weight excluding hydrogens is 544 g/mol. The molecule has 0 saturated carbocycles. The number of anilines is 3. The van der Waals surface area contributed by atoms with Gasteiger partial charge in [0.2, 0.25) is 0 Å². The SMILES string of the molecule is Cc1ccc(S(=O)(=O)Nc2ccc(C(=O)Nc3ccc(S(=O)(=O)Nc4nccs4)cc3)c(Cl)c2)cc1. The quantitative estimate of drug-likeness (QED) is 0.278. The molecule has 0 saturated heterocycles. The van der Waals surface area contributed by atoms with Crippen LogP contribution in [0.2, 0.25) is 5.02 Å². The van der Waals surface area contributed by atoms with Crippen LogP contribution in [0, 0.1) is 6.92 Å². The van der Waals surface area contributed by atoms with E-state index in [4.69, 9.17) is 11.6 Å². The summed E-state index contributed by atoms with van der Waals surface area (Å²) in [4.78, 5) is 16.7. The number of nitrogens with one attached hydrogen (secondary N) is 3. The number of amides is 1. The summed E-state index contributed by atoms with van der Waals surface area (Å²) in [6, 6.07) is 16.1. The number of aryl methyl sites for hydroxylation is 1. The first kappa shape index (κ1) is 25.6. The first-order valence-corrected chi connectivity index (χ1v) is 14.5. The first-order chi connectivity index (χ1) is 17.0. The number of thiazole rings is 1. The van der Waals surface area contributed by atoms with Gasteiger partial charge in [0.05, 0.1) is 26.1 Å². The first-order valence-electron chi connectivity index (χ1n) is 10.3. The van der Waals surface area contributed by atoms with Crippen LogP contribution in [0.25, 0.3) is 0 Å². The van der Waals surface area contributed by atoms with Crippen LogP contribution < -0.4 is 14.8 Å². The zero-order valence-corrected chi connectivity index (χ0v) is 21.8. The molecule has 36 heavy (non-hydrogen) atoms. The fourth-order valence-electron chi connectivity index (χ4n) is 3.06. The molecule has 4 rings (SSSR count). The van der Waals surface area contributed by atoms with Crippen molar-refractivity contribution in [1.82, 2.24) is 4.98 Å². The summed E-state index contributed by atoms with van der Waals surface area (Å²) in [7, 11) is -7.65. The summed E-state index contributed by atoms with van der Waals surface area (Å²) in [5.41, 5.74) is 1.57. The topological polar surface area (TPSA) is 134 Å². The minimum absolute atomic E-state index is 0.000977. The predicted molar refractivity (Wildman–Crippen MR) is 141 cm³/mol. The van der Waals surface area contributed by atoms with Crippen molar-refractivity contribution < 1.29 is 21.6 Å². The number of hydrogen-bond acceptors (Lipinski definition) is 7. The van der Waals surface area contributed by atoms with E-state index in [0.717, 1.165) is 16.9 Å². The number of halogens is 1. The van der Waals surface area contributed by atoms with Crippen molar-refractivity contribution in [3.8, 4) is 0 Å². The van der Waals surface area contributed by atoms with E-state index >= 15 is 0 Å². The number of carbonyl (C=O) groups excluding carboxylic acids is 1. The van der Waals surface area contributed by atoms with Crippen molar-refractivity contribution in [1.29, 1.82) is 0 Å². The molecule has 4 aromatic rings. The molecule has 3 N–H and O–H groups in total. The van der Waals surface area contributed by atoms with Crippen LogP contribution in [0.1, 0.15) is 15.9 Å². The van der Waals surface area contributed by atoms with E-state index in [1.54, 1.807) is 17.5 Å². The van der Waals surface area contributed by atoms with Crippen molar-refractivity contribution in [2.75, 3.05) is 14.8 Å².